The van der Waals surface area contributed by atoms with Crippen molar-refractivity contribution in [2.75, 3.05) is 6.61 Å². The molecule has 3 aromatic rings. The highest BCUT2D eigenvalue weighted by molar-refractivity contribution is 14.1. The molecular formula is C29H27BrClIN2O4. The Hall–Kier alpha value is -2.95. The van der Waals surface area contributed by atoms with Crippen molar-refractivity contribution in [2.24, 2.45) is 5.73 Å². The van der Waals surface area contributed by atoms with Crippen LogP contribution in [0, 0.1) is 0 Å². The van der Waals surface area contributed by atoms with Crippen LogP contribution in [0.15, 0.2) is 98.8 Å². The quantitative estimate of drug-likeness (QED) is 0.102. The van der Waals surface area contributed by atoms with Gasteiger partial charge >= 0.3 is 5.97 Å². The molecule has 0 amide bonds. The van der Waals surface area contributed by atoms with Crippen LogP contribution in [0.3, 0.4) is 0 Å². The Balaban J connectivity index is 1.86. The number of halogens is 3. The molecule has 4 N–H and O–H groups in total. The van der Waals surface area contributed by atoms with Crippen molar-refractivity contribution in [3.63, 3.8) is 0 Å². The number of benzene rings is 3. The lowest BCUT2D eigenvalue weighted by Crippen LogP contribution is -2.14. The SMILES string of the molecule is C/C(=C\C(=O)O)NCc1cc(Cl)c(OCc2cccc(-c3ccccc3)c2Br)cc1OCC(/C=C\I)=C/N. The zero-order valence-electron chi connectivity index (χ0n) is 20.6. The number of allylic oxidation sites excluding steroid dienone is 1. The van der Waals surface area contributed by atoms with Gasteiger partial charge in [0.05, 0.1) is 5.02 Å². The summed E-state index contributed by atoms with van der Waals surface area (Å²) >= 11 is 12.4. The summed E-state index contributed by atoms with van der Waals surface area (Å²) in [6, 6.07) is 19.6. The Morgan fingerprint density at radius 1 is 1.11 bits per heavy atom. The van der Waals surface area contributed by atoms with Crippen molar-refractivity contribution in [2.45, 2.75) is 20.1 Å². The predicted molar refractivity (Wildman–Crippen MR) is 165 cm³/mol. The van der Waals surface area contributed by atoms with Gasteiger partial charge in [-0.3, -0.25) is 0 Å². The fourth-order valence-corrected chi connectivity index (χ4v) is 4.82. The molecule has 0 atom stereocenters. The number of carbonyl (C=O) groups is 1. The van der Waals surface area contributed by atoms with Crippen molar-refractivity contribution in [1.29, 1.82) is 0 Å². The van der Waals surface area contributed by atoms with E-state index in [1.807, 2.05) is 40.5 Å². The van der Waals surface area contributed by atoms with E-state index < -0.39 is 5.97 Å². The van der Waals surface area contributed by atoms with E-state index in [9.17, 15) is 4.79 Å². The van der Waals surface area contributed by atoms with Gasteiger partial charge in [-0.2, -0.15) is 0 Å². The highest BCUT2D eigenvalue weighted by Crippen LogP contribution is 2.36. The third kappa shape index (κ3) is 8.54. The Morgan fingerprint density at radius 3 is 2.55 bits per heavy atom. The van der Waals surface area contributed by atoms with Gasteiger partial charge in [-0.15, -0.1) is 0 Å². The Kier molecular flexibility index (Phi) is 11.6. The van der Waals surface area contributed by atoms with E-state index in [4.69, 9.17) is 31.9 Å². The maximum atomic E-state index is 11.0. The van der Waals surface area contributed by atoms with E-state index in [1.165, 1.54) is 6.20 Å². The molecule has 0 bridgehead atoms. The van der Waals surface area contributed by atoms with Crippen LogP contribution in [0.4, 0.5) is 0 Å². The number of aliphatic carboxylic acids is 1. The Morgan fingerprint density at radius 2 is 1.87 bits per heavy atom. The molecule has 3 aromatic carbocycles. The van der Waals surface area contributed by atoms with Gasteiger partial charge in [0, 0.05) is 51.8 Å². The summed E-state index contributed by atoms with van der Waals surface area (Å²) in [5.74, 6) is -0.0275. The molecule has 0 aromatic heterocycles. The lowest BCUT2D eigenvalue weighted by molar-refractivity contribution is -0.131. The van der Waals surface area contributed by atoms with Crippen LogP contribution in [0.25, 0.3) is 11.1 Å². The molecular weight excluding hydrogens is 683 g/mol. The number of carboxylic acid groups (broad SMARTS) is 1. The van der Waals surface area contributed by atoms with Crippen molar-refractivity contribution >= 4 is 56.1 Å². The van der Waals surface area contributed by atoms with E-state index in [0.29, 0.717) is 28.8 Å². The second-order valence-corrected chi connectivity index (χ2v) is 10.1. The number of hydrogen-bond acceptors (Lipinski definition) is 5. The molecule has 9 heteroatoms. The summed E-state index contributed by atoms with van der Waals surface area (Å²) in [7, 11) is 0. The van der Waals surface area contributed by atoms with Crippen LogP contribution < -0.4 is 20.5 Å². The fraction of sp³-hybridized carbons (Fsp3) is 0.138. The molecule has 38 heavy (non-hydrogen) atoms. The average molecular weight is 710 g/mol. The second-order valence-electron chi connectivity index (χ2n) is 8.17. The minimum absolute atomic E-state index is 0.235. The zero-order chi connectivity index (χ0) is 27.5. The average Bonchev–Trinajstić information content (AvgIpc) is 2.90. The molecule has 0 unspecified atom stereocenters. The molecule has 6 nitrogen and oxygen atoms in total. The van der Waals surface area contributed by atoms with Gasteiger partial charge in [-0.1, -0.05) is 82.7 Å². The van der Waals surface area contributed by atoms with Crippen molar-refractivity contribution in [3.8, 4) is 22.6 Å². The van der Waals surface area contributed by atoms with Crippen LogP contribution in [-0.2, 0) is 17.9 Å². The number of carboxylic acids is 1. The predicted octanol–water partition coefficient (Wildman–Crippen LogP) is 7.60. The van der Waals surface area contributed by atoms with Gasteiger partial charge in [0.15, 0.2) is 0 Å². The van der Waals surface area contributed by atoms with Crippen LogP contribution in [0.5, 0.6) is 11.5 Å². The van der Waals surface area contributed by atoms with Gasteiger partial charge in [0.1, 0.15) is 24.7 Å². The van der Waals surface area contributed by atoms with E-state index in [2.05, 4.69) is 62.0 Å². The maximum absolute atomic E-state index is 11.0. The van der Waals surface area contributed by atoms with E-state index in [-0.39, 0.29) is 13.2 Å². The molecule has 0 fully saturated rings. The summed E-state index contributed by atoms with van der Waals surface area (Å²) in [5, 5.41) is 12.5. The Bertz CT molecular complexity index is 1360. The molecule has 0 spiro atoms. The summed E-state index contributed by atoms with van der Waals surface area (Å²) < 4.78 is 15.0. The Labute approximate surface area is 249 Å². The van der Waals surface area contributed by atoms with Gasteiger partial charge in [-0.25, -0.2) is 4.79 Å². The first-order chi connectivity index (χ1) is 18.3. The highest BCUT2D eigenvalue weighted by atomic mass is 127. The van der Waals surface area contributed by atoms with Crippen LogP contribution in [-0.4, -0.2) is 17.7 Å². The minimum Gasteiger partial charge on any atom is -0.488 e. The highest BCUT2D eigenvalue weighted by Gasteiger charge is 2.14. The first-order valence-electron chi connectivity index (χ1n) is 11.6. The molecule has 0 heterocycles. The monoisotopic (exact) mass is 708 g/mol. The number of rotatable bonds is 12. The molecule has 0 aliphatic rings. The molecule has 198 valence electrons. The summed E-state index contributed by atoms with van der Waals surface area (Å²) in [6.45, 7) is 2.50. The smallest absolute Gasteiger partial charge is 0.330 e. The number of nitrogens with two attached hydrogens (primary N) is 1. The summed E-state index contributed by atoms with van der Waals surface area (Å²) in [4.78, 5) is 11.0. The van der Waals surface area contributed by atoms with Gasteiger partial charge in [0.2, 0.25) is 0 Å². The lowest BCUT2D eigenvalue weighted by Gasteiger charge is -2.17. The number of ether oxygens (including phenoxy) is 2. The van der Waals surface area contributed by atoms with Gasteiger partial charge in [0.25, 0.3) is 0 Å². The number of nitrogens with one attached hydrogen (secondary N) is 1. The minimum atomic E-state index is -1.03. The normalized spacial score (nSPS) is 12.0. The van der Waals surface area contributed by atoms with E-state index in [1.54, 1.807) is 19.1 Å². The second kappa shape index (κ2) is 14.8. The van der Waals surface area contributed by atoms with E-state index in [0.717, 1.165) is 38.4 Å². The topological polar surface area (TPSA) is 93.8 Å². The van der Waals surface area contributed by atoms with Crippen molar-refractivity contribution in [1.82, 2.24) is 5.32 Å². The third-order valence-electron chi connectivity index (χ3n) is 5.44. The lowest BCUT2D eigenvalue weighted by atomic mass is 10.0. The van der Waals surface area contributed by atoms with Gasteiger partial charge < -0.3 is 25.6 Å². The summed E-state index contributed by atoms with van der Waals surface area (Å²) in [6.07, 6.45) is 4.43. The largest absolute Gasteiger partial charge is 0.488 e. The fourth-order valence-electron chi connectivity index (χ4n) is 3.51. The first-order valence-corrected chi connectivity index (χ1v) is 14.0. The molecule has 0 radical (unpaired) electrons. The van der Waals surface area contributed by atoms with Gasteiger partial charge in [-0.05, 0) is 50.2 Å². The van der Waals surface area contributed by atoms with Crippen LogP contribution in [0.1, 0.15) is 18.1 Å². The molecule has 0 aliphatic heterocycles. The van der Waals surface area contributed by atoms with Crippen molar-refractivity contribution in [3.05, 3.63) is 115 Å². The summed E-state index contributed by atoms with van der Waals surface area (Å²) in [5.41, 5.74) is 10.9. The molecule has 0 saturated heterocycles. The van der Waals surface area contributed by atoms with Crippen LogP contribution >= 0.6 is 50.1 Å². The van der Waals surface area contributed by atoms with Crippen LogP contribution in [0.2, 0.25) is 5.02 Å². The van der Waals surface area contributed by atoms with Crippen molar-refractivity contribution < 1.29 is 19.4 Å². The number of hydrogen-bond donors (Lipinski definition) is 3. The third-order valence-corrected chi connectivity index (χ3v) is 7.04. The standard InChI is InChI=1S/C29H27BrClIN2O4/c1-19(12-28(35)36)34-16-23-13-25(31)27(14-26(23)37-17-20(15-33)10-11-32)38-18-22-8-5-9-24(29(22)30)21-6-3-2-4-7-21/h2-15,34H,16-18,33H2,1H3,(H,35,36)/b11-10-,19-12+,20-15+. The van der Waals surface area contributed by atoms with E-state index >= 15 is 0 Å². The molecule has 3 rings (SSSR count). The molecule has 0 aliphatic carbocycles. The zero-order valence-corrected chi connectivity index (χ0v) is 25.1. The molecule has 0 saturated carbocycles. The maximum Gasteiger partial charge on any atom is 0.330 e. The first kappa shape index (κ1) is 29.6.